The lowest BCUT2D eigenvalue weighted by Crippen LogP contribution is -2.07. The van der Waals surface area contributed by atoms with Gasteiger partial charge in [-0.05, 0) is 32.9 Å². The van der Waals surface area contributed by atoms with E-state index < -0.39 is 0 Å². The first-order chi connectivity index (χ1) is 8.52. The number of methoxy groups -OCH3 is 1. The van der Waals surface area contributed by atoms with Crippen LogP contribution >= 0.6 is 0 Å². The predicted molar refractivity (Wildman–Crippen MR) is 70.5 cm³/mol. The van der Waals surface area contributed by atoms with Crippen molar-refractivity contribution < 1.29 is 14.6 Å². The molecule has 0 fully saturated rings. The number of pyridine rings is 1. The Morgan fingerprint density at radius 3 is 2.61 bits per heavy atom. The molecule has 0 radical (unpaired) electrons. The minimum atomic E-state index is 0.0141. The number of aromatic hydroxyl groups is 1. The predicted octanol–water partition coefficient (Wildman–Crippen LogP) is 3.04. The van der Waals surface area contributed by atoms with Gasteiger partial charge in [0.2, 0.25) is 5.88 Å². The van der Waals surface area contributed by atoms with Crippen molar-refractivity contribution in [2.24, 2.45) is 0 Å². The van der Waals surface area contributed by atoms with E-state index >= 15 is 0 Å². The van der Waals surface area contributed by atoms with Gasteiger partial charge in [0.25, 0.3) is 0 Å². The van der Waals surface area contributed by atoms with E-state index in [0.717, 1.165) is 11.3 Å². The van der Waals surface area contributed by atoms with Crippen LogP contribution in [0, 0.1) is 6.92 Å². The smallest absolute Gasteiger partial charge is 0.217 e. The van der Waals surface area contributed by atoms with Gasteiger partial charge in [0.1, 0.15) is 11.5 Å². The summed E-state index contributed by atoms with van der Waals surface area (Å²) in [6.45, 7) is 5.75. The molecule has 4 nitrogen and oxygen atoms in total. The van der Waals surface area contributed by atoms with Crippen LogP contribution in [0.5, 0.6) is 17.4 Å². The molecule has 2 aromatic rings. The highest BCUT2D eigenvalue weighted by Crippen LogP contribution is 2.33. The maximum atomic E-state index is 9.99. The number of hydrogen-bond donors (Lipinski definition) is 1. The van der Waals surface area contributed by atoms with E-state index in [1.165, 1.54) is 6.07 Å². The normalized spacial score (nSPS) is 10.9. The lowest BCUT2D eigenvalue weighted by Gasteiger charge is -2.12. The maximum Gasteiger partial charge on any atom is 0.217 e. The molecular weight excluding hydrogens is 230 g/mol. The van der Waals surface area contributed by atoms with E-state index in [-0.39, 0.29) is 11.9 Å². The zero-order chi connectivity index (χ0) is 13.3. The van der Waals surface area contributed by atoms with Crippen molar-refractivity contribution in [1.82, 2.24) is 4.98 Å². The third kappa shape index (κ3) is 2.18. The summed E-state index contributed by atoms with van der Waals surface area (Å²) in [4.78, 5) is 4.42. The van der Waals surface area contributed by atoms with E-state index in [4.69, 9.17) is 9.47 Å². The lowest BCUT2D eigenvalue weighted by molar-refractivity contribution is 0.232. The van der Waals surface area contributed by atoms with E-state index in [1.54, 1.807) is 13.2 Å². The van der Waals surface area contributed by atoms with Gasteiger partial charge in [-0.2, -0.15) is 0 Å². The molecule has 1 aromatic heterocycles. The minimum absolute atomic E-state index is 0.0141. The molecule has 0 aliphatic rings. The first-order valence-corrected chi connectivity index (χ1v) is 5.87. The Kier molecular flexibility index (Phi) is 3.28. The monoisotopic (exact) mass is 247 g/mol. The Bertz CT molecular complexity index is 579. The van der Waals surface area contributed by atoms with Crippen molar-refractivity contribution in [3.63, 3.8) is 0 Å². The number of fused-ring (bicyclic) bond motifs is 1. The number of ether oxygens (including phenoxy) is 2. The number of hydrogen-bond acceptors (Lipinski definition) is 4. The van der Waals surface area contributed by atoms with Crippen molar-refractivity contribution in [3.05, 3.63) is 23.8 Å². The highest BCUT2D eigenvalue weighted by atomic mass is 16.5. The summed E-state index contributed by atoms with van der Waals surface area (Å²) >= 11 is 0. The van der Waals surface area contributed by atoms with Gasteiger partial charge in [0.05, 0.1) is 18.7 Å². The Hall–Kier alpha value is -1.97. The molecular formula is C14H17NO3. The molecule has 96 valence electrons. The molecule has 0 aliphatic heterocycles. The highest BCUT2D eigenvalue weighted by Gasteiger charge is 2.11. The molecule has 0 atom stereocenters. The van der Waals surface area contributed by atoms with Gasteiger partial charge in [0, 0.05) is 17.0 Å². The summed E-state index contributed by atoms with van der Waals surface area (Å²) in [5, 5.41) is 10.7. The summed E-state index contributed by atoms with van der Waals surface area (Å²) in [5.74, 6) is 1.34. The number of rotatable bonds is 3. The Morgan fingerprint density at radius 2 is 2.00 bits per heavy atom. The zero-order valence-electron chi connectivity index (χ0n) is 11.0. The number of benzene rings is 1. The van der Waals surface area contributed by atoms with Crippen LogP contribution in [0.2, 0.25) is 0 Å². The highest BCUT2D eigenvalue weighted by molar-refractivity contribution is 5.89. The molecule has 0 unspecified atom stereocenters. The maximum absolute atomic E-state index is 9.99. The summed E-state index contributed by atoms with van der Waals surface area (Å²) in [6.07, 6.45) is 0.0141. The molecule has 1 N–H and O–H groups in total. The van der Waals surface area contributed by atoms with Crippen LogP contribution in [0.1, 0.15) is 19.4 Å². The second-order valence-corrected chi connectivity index (χ2v) is 4.44. The van der Waals surface area contributed by atoms with Crippen molar-refractivity contribution in [3.8, 4) is 17.4 Å². The van der Waals surface area contributed by atoms with Crippen LogP contribution < -0.4 is 9.47 Å². The second-order valence-electron chi connectivity index (χ2n) is 4.44. The largest absolute Gasteiger partial charge is 0.507 e. The summed E-state index contributed by atoms with van der Waals surface area (Å²) in [5.41, 5.74) is 1.59. The zero-order valence-corrected chi connectivity index (χ0v) is 11.0. The molecule has 4 heteroatoms. The standard InChI is InChI=1S/C14H17NO3/c1-8(2)18-13-7-11(16)10-5-6-12(17-4)9(3)14(10)15-13/h5-8H,1-4H3,(H,15,16). The van der Waals surface area contributed by atoms with E-state index in [1.807, 2.05) is 26.8 Å². The fourth-order valence-electron chi connectivity index (χ4n) is 1.89. The Labute approximate surface area is 106 Å². The molecule has 0 bridgehead atoms. The van der Waals surface area contributed by atoms with Gasteiger partial charge in [-0.3, -0.25) is 0 Å². The molecule has 0 saturated heterocycles. The van der Waals surface area contributed by atoms with Gasteiger partial charge in [-0.1, -0.05) is 0 Å². The number of aromatic nitrogens is 1. The molecule has 18 heavy (non-hydrogen) atoms. The molecule has 0 amide bonds. The first-order valence-electron chi connectivity index (χ1n) is 5.87. The Balaban J connectivity index is 2.64. The molecule has 0 aliphatic carbocycles. The van der Waals surface area contributed by atoms with Gasteiger partial charge < -0.3 is 14.6 Å². The summed E-state index contributed by atoms with van der Waals surface area (Å²) in [7, 11) is 1.61. The summed E-state index contributed by atoms with van der Waals surface area (Å²) < 4.78 is 10.8. The lowest BCUT2D eigenvalue weighted by atomic mass is 10.1. The quantitative estimate of drug-likeness (QED) is 0.905. The third-order valence-corrected chi connectivity index (χ3v) is 2.72. The van der Waals surface area contributed by atoms with Gasteiger partial charge >= 0.3 is 0 Å². The fraction of sp³-hybridized carbons (Fsp3) is 0.357. The van der Waals surface area contributed by atoms with E-state index in [0.29, 0.717) is 16.8 Å². The minimum Gasteiger partial charge on any atom is -0.507 e. The van der Waals surface area contributed by atoms with Gasteiger partial charge in [-0.25, -0.2) is 4.98 Å². The number of aryl methyl sites for hydroxylation is 1. The van der Waals surface area contributed by atoms with E-state index in [9.17, 15) is 5.11 Å². The number of nitrogens with zero attached hydrogens (tertiary/aromatic N) is 1. The molecule has 1 aromatic carbocycles. The average molecular weight is 247 g/mol. The average Bonchev–Trinajstić information content (AvgIpc) is 2.30. The van der Waals surface area contributed by atoms with Crippen LogP contribution in [0.15, 0.2) is 18.2 Å². The second kappa shape index (κ2) is 4.72. The van der Waals surface area contributed by atoms with Crippen LogP contribution in [-0.4, -0.2) is 23.3 Å². The molecule has 0 spiro atoms. The van der Waals surface area contributed by atoms with E-state index in [2.05, 4.69) is 4.98 Å². The van der Waals surface area contributed by atoms with Crippen molar-refractivity contribution in [1.29, 1.82) is 0 Å². The third-order valence-electron chi connectivity index (χ3n) is 2.72. The SMILES string of the molecule is COc1ccc2c(O)cc(OC(C)C)nc2c1C. The van der Waals surface area contributed by atoms with Crippen molar-refractivity contribution in [2.45, 2.75) is 26.9 Å². The molecule has 2 rings (SSSR count). The van der Waals surface area contributed by atoms with Crippen molar-refractivity contribution >= 4 is 10.9 Å². The van der Waals surface area contributed by atoms with Crippen LogP contribution in [0.3, 0.4) is 0 Å². The summed E-state index contributed by atoms with van der Waals surface area (Å²) in [6, 6.07) is 5.15. The topological polar surface area (TPSA) is 51.6 Å². The van der Waals surface area contributed by atoms with Gasteiger partial charge in [-0.15, -0.1) is 0 Å². The Morgan fingerprint density at radius 1 is 1.28 bits per heavy atom. The van der Waals surface area contributed by atoms with Crippen LogP contribution in [0.4, 0.5) is 0 Å². The van der Waals surface area contributed by atoms with Crippen LogP contribution in [0.25, 0.3) is 10.9 Å². The van der Waals surface area contributed by atoms with Crippen molar-refractivity contribution in [2.75, 3.05) is 7.11 Å². The molecule has 0 saturated carbocycles. The van der Waals surface area contributed by atoms with Crippen LogP contribution in [-0.2, 0) is 0 Å². The first kappa shape index (κ1) is 12.5. The molecule has 1 heterocycles. The fourth-order valence-corrected chi connectivity index (χ4v) is 1.89. The van der Waals surface area contributed by atoms with Gasteiger partial charge in [0.15, 0.2) is 0 Å².